The van der Waals surface area contributed by atoms with Crippen LogP contribution in [0.1, 0.15) is 31.9 Å². The van der Waals surface area contributed by atoms with Gasteiger partial charge in [0.1, 0.15) is 0 Å². The molecule has 0 aliphatic rings. The molecule has 0 aliphatic carbocycles. The Hall–Kier alpha value is -2.34. The number of urea groups is 1. The van der Waals surface area contributed by atoms with Crippen LogP contribution in [0.25, 0.3) is 0 Å². The number of carbonyl (C=O) groups excluding carboxylic acids is 1. The first-order chi connectivity index (χ1) is 11.4. The van der Waals surface area contributed by atoms with E-state index >= 15 is 0 Å². The lowest BCUT2D eigenvalue weighted by atomic mass is 10.1. The Balaban J connectivity index is 1.92. The van der Waals surface area contributed by atoms with E-state index in [0.717, 1.165) is 17.7 Å². The lowest BCUT2D eigenvalue weighted by Crippen LogP contribution is -2.46. The van der Waals surface area contributed by atoms with Crippen LogP contribution in [0.5, 0.6) is 0 Å². The van der Waals surface area contributed by atoms with Gasteiger partial charge in [-0.3, -0.25) is 0 Å². The third kappa shape index (κ3) is 5.70. The summed E-state index contributed by atoms with van der Waals surface area (Å²) < 4.78 is 2.00. The van der Waals surface area contributed by atoms with Crippen LogP contribution >= 0.6 is 0 Å². The fourth-order valence-corrected chi connectivity index (χ4v) is 2.51. The third-order valence-electron chi connectivity index (χ3n) is 3.61. The zero-order valence-corrected chi connectivity index (χ0v) is 14.6. The molecule has 0 bridgehead atoms. The third-order valence-corrected chi connectivity index (χ3v) is 3.61. The van der Waals surface area contributed by atoms with Crippen molar-refractivity contribution >= 4 is 6.03 Å². The van der Waals surface area contributed by atoms with Gasteiger partial charge in [0, 0.05) is 32.0 Å². The Morgan fingerprint density at radius 1 is 1.38 bits per heavy atom. The van der Waals surface area contributed by atoms with E-state index < -0.39 is 5.60 Å². The van der Waals surface area contributed by atoms with Gasteiger partial charge < -0.3 is 19.9 Å². The maximum atomic E-state index is 12.3. The minimum Gasteiger partial charge on any atom is -0.389 e. The molecule has 0 saturated heterocycles. The van der Waals surface area contributed by atoms with E-state index in [1.54, 1.807) is 31.3 Å². The van der Waals surface area contributed by atoms with Gasteiger partial charge in [0.15, 0.2) is 0 Å². The summed E-state index contributed by atoms with van der Waals surface area (Å²) in [6.07, 6.45) is 5.46. The Labute approximate surface area is 143 Å². The standard InChI is InChI=1S/C18H26N4O2/c1-4-22(13-18(2,3)24)17(23)20-11-15-6-5-7-16(10-15)12-21-9-8-19-14-21/h5-10,14,24H,4,11-13H2,1-3H3,(H,20,23). The van der Waals surface area contributed by atoms with Crippen LogP contribution in [0.4, 0.5) is 4.79 Å². The number of rotatable bonds is 7. The minimum absolute atomic E-state index is 0.167. The molecule has 1 aromatic heterocycles. The number of imidazole rings is 1. The maximum Gasteiger partial charge on any atom is 0.317 e. The van der Waals surface area contributed by atoms with Gasteiger partial charge in [-0.05, 0) is 31.9 Å². The second kappa shape index (κ2) is 7.97. The van der Waals surface area contributed by atoms with Crippen LogP contribution in [-0.2, 0) is 13.1 Å². The number of aromatic nitrogens is 2. The fraction of sp³-hybridized carbons (Fsp3) is 0.444. The smallest absolute Gasteiger partial charge is 0.317 e. The van der Waals surface area contributed by atoms with E-state index in [1.807, 2.05) is 29.8 Å². The monoisotopic (exact) mass is 330 g/mol. The van der Waals surface area contributed by atoms with Gasteiger partial charge in [-0.1, -0.05) is 24.3 Å². The first-order valence-electron chi connectivity index (χ1n) is 8.16. The molecule has 0 unspecified atom stereocenters. The van der Waals surface area contributed by atoms with Gasteiger partial charge in [0.2, 0.25) is 0 Å². The summed E-state index contributed by atoms with van der Waals surface area (Å²) in [7, 11) is 0. The Kier molecular flexibility index (Phi) is 5.98. The highest BCUT2D eigenvalue weighted by Crippen LogP contribution is 2.08. The second-order valence-electron chi connectivity index (χ2n) is 6.54. The molecule has 130 valence electrons. The molecule has 0 radical (unpaired) electrons. The quantitative estimate of drug-likeness (QED) is 0.818. The average Bonchev–Trinajstić information content (AvgIpc) is 3.02. The zero-order valence-electron chi connectivity index (χ0n) is 14.6. The van der Waals surface area contributed by atoms with E-state index in [-0.39, 0.29) is 6.03 Å². The van der Waals surface area contributed by atoms with Crippen molar-refractivity contribution < 1.29 is 9.90 Å². The summed E-state index contributed by atoms with van der Waals surface area (Å²) in [6.45, 7) is 7.36. The molecule has 2 amide bonds. The van der Waals surface area contributed by atoms with Crippen LogP contribution in [0, 0.1) is 0 Å². The number of aliphatic hydroxyl groups is 1. The van der Waals surface area contributed by atoms with E-state index in [2.05, 4.69) is 22.4 Å². The highest BCUT2D eigenvalue weighted by atomic mass is 16.3. The maximum absolute atomic E-state index is 12.3. The molecule has 1 aromatic carbocycles. The normalized spacial score (nSPS) is 11.3. The van der Waals surface area contributed by atoms with Crippen LogP contribution in [-0.4, -0.2) is 44.3 Å². The predicted octanol–water partition coefficient (Wildman–Crippen LogP) is 2.23. The van der Waals surface area contributed by atoms with Gasteiger partial charge in [-0.15, -0.1) is 0 Å². The van der Waals surface area contributed by atoms with Crippen LogP contribution in [0.3, 0.4) is 0 Å². The molecule has 6 heteroatoms. The zero-order chi connectivity index (χ0) is 17.6. The van der Waals surface area contributed by atoms with Gasteiger partial charge >= 0.3 is 6.03 Å². The molecule has 6 nitrogen and oxygen atoms in total. The number of nitrogens with one attached hydrogen (secondary N) is 1. The number of benzene rings is 1. The topological polar surface area (TPSA) is 70.4 Å². The molecule has 24 heavy (non-hydrogen) atoms. The van der Waals surface area contributed by atoms with Gasteiger partial charge in [0.05, 0.1) is 18.5 Å². The summed E-state index contributed by atoms with van der Waals surface area (Å²) in [5, 5.41) is 12.8. The minimum atomic E-state index is -0.905. The molecule has 0 fully saturated rings. The fourth-order valence-electron chi connectivity index (χ4n) is 2.51. The Morgan fingerprint density at radius 2 is 2.12 bits per heavy atom. The summed E-state index contributed by atoms with van der Waals surface area (Å²) in [5.74, 6) is 0. The molecule has 2 N–H and O–H groups in total. The van der Waals surface area contributed by atoms with E-state index in [0.29, 0.717) is 19.6 Å². The summed E-state index contributed by atoms with van der Waals surface area (Å²) in [4.78, 5) is 17.9. The Bertz CT molecular complexity index is 647. The number of nitrogens with zero attached hydrogens (tertiary/aromatic N) is 3. The van der Waals surface area contributed by atoms with E-state index in [1.165, 1.54) is 0 Å². The largest absolute Gasteiger partial charge is 0.389 e. The average molecular weight is 330 g/mol. The highest BCUT2D eigenvalue weighted by molar-refractivity contribution is 5.74. The van der Waals surface area contributed by atoms with Crippen molar-refractivity contribution in [3.63, 3.8) is 0 Å². The van der Waals surface area contributed by atoms with E-state index in [9.17, 15) is 9.90 Å². The molecule has 2 rings (SSSR count). The molecule has 0 aliphatic heterocycles. The number of amides is 2. The summed E-state index contributed by atoms with van der Waals surface area (Å²) >= 11 is 0. The lowest BCUT2D eigenvalue weighted by Gasteiger charge is -2.28. The molecule has 1 heterocycles. The first kappa shape index (κ1) is 18.0. The van der Waals surface area contributed by atoms with Gasteiger partial charge in [-0.2, -0.15) is 0 Å². The number of hydrogen-bond donors (Lipinski definition) is 2. The van der Waals surface area contributed by atoms with Crippen LogP contribution in [0.2, 0.25) is 0 Å². The summed E-state index contributed by atoms with van der Waals surface area (Å²) in [6, 6.07) is 7.94. The van der Waals surface area contributed by atoms with Gasteiger partial charge in [-0.25, -0.2) is 9.78 Å². The van der Waals surface area contributed by atoms with Crippen molar-refractivity contribution in [1.82, 2.24) is 19.8 Å². The van der Waals surface area contributed by atoms with Crippen molar-refractivity contribution in [1.29, 1.82) is 0 Å². The SMILES string of the molecule is CCN(CC(C)(C)O)C(=O)NCc1cccc(Cn2ccnc2)c1. The van der Waals surface area contributed by atoms with Crippen LogP contribution in [0.15, 0.2) is 43.0 Å². The molecular weight excluding hydrogens is 304 g/mol. The van der Waals surface area contributed by atoms with Crippen molar-refractivity contribution in [2.75, 3.05) is 13.1 Å². The molecule has 0 spiro atoms. The van der Waals surface area contributed by atoms with Crippen molar-refractivity contribution in [2.24, 2.45) is 0 Å². The molecule has 0 saturated carbocycles. The van der Waals surface area contributed by atoms with Crippen molar-refractivity contribution in [3.8, 4) is 0 Å². The lowest BCUT2D eigenvalue weighted by molar-refractivity contribution is 0.0480. The molecule has 2 aromatic rings. The van der Waals surface area contributed by atoms with Gasteiger partial charge in [0.25, 0.3) is 0 Å². The van der Waals surface area contributed by atoms with Crippen LogP contribution < -0.4 is 5.32 Å². The highest BCUT2D eigenvalue weighted by Gasteiger charge is 2.20. The van der Waals surface area contributed by atoms with Crippen molar-refractivity contribution in [2.45, 2.75) is 39.5 Å². The predicted molar refractivity (Wildman–Crippen MR) is 93.6 cm³/mol. The summed E-state index contributed by atoms with van der Waals surface area (Å²) in [5.41, 5.74) is 1.29. The number of carbonyl (C=O) groups is 1. The molecular formula is C18H26N4O2. The number of likely N-dealkylation sites (N-methyl/N-ethyl adjacent to an activating group) is 1. The molecule has 0 atom stereocenters. The first-order valence-corrected chi connectivity index (χ1v) is 8.16. The number of hydrogen-bond acceptors (Lipinski definition) is 3. The van der Waals surface area contributed by atoms with Crippen molar-refractivity contribution in [3.05, 3.63) is 54.1 Å². The Morgan fingerprint density at radius 3 is 2.75 bits per heavy atom. The second-order valence-corrected chi connectivity index (χ2v) is 6.54. The van der Waals surface area contributed by atoms with E-state index in [4.69, 9.17) is 0 Å².